The normalized spacial score (nSPS) is 11.7. The van der Waals surface area contributed by atoms with Gasteiger partial charge in [-0.3, -0.25) is 14.6 Å². The topological polar surface area (TPSA) is 71.1 Å². The van der Waals surface area contributed by atoms with Crippen LogP contribution in [0, 0.1) is 6.92 Å². The number of aryl methyl sites for hydroxylation is 1. The minimum absolute atomic E-state index is 0.236. The number of nitrogens with one attached hydrogen (secondary N) is 2. The van der Waals surface area contributed by atoms with Gasteiger partial charge in [-0.05, 0) is 59.7 Å². The lowest BCUT2D eigenvalue weighted by Gasteiger charge is -2.20. The minimum Gasteiger partial charge on any atom is -0.359 e. The summed E-state index contributed by atoms with van der Waals surface area (Å²) >= 11 is 5.97. The van der Waals surface area contributed by atoms with Gasteiger partial charge in [-0.1, -0.05) is 54.1 Å². The fraction of sp³-hybridized carbons (Fsp3) is 0.0800. The molecule has 0 aliphatic carbocycles. The van der Waals surface area contributed by atoms with E-state index >= 15 is 0 Å². The van der Waals surface area contributed by atoms with Crippen LogP contribution in [0.4, 0.5) is 5.69 Å². The number of Topliss-reactive ketones (excluding diaryl/α,β-unsaturated/α-hetero) is 1. The van der Waals surface area contributed by atoms with E-state index in [9.17, 15) is 9.59 Å². The number of halogens is 1. The van der Waals surface area contributed by atoms with Gasteiger partial charge in [0.2, 0.25) is 5.78 Å². The Kier molecular flexibility index (Phi) is 5.96. The molecule has 31 heavy (non-hydrogen) atoms. The Morgan fingerprint density at radius 2 is 1.65 bits per heavy atom. The lowest BCUT2D eigenvalue weighted by molar-refractivity contribution is 0.0866. The van der Waals surface area contributed by atoms with Gasteiger partial charge < -0.3 is 10.6 Å². The molecule has 0 aliphatic heterocycles. The van der Waals surface area contributed by atoms with E-state index in [1.54, 1.807) is 48.7 Å². The number of amides is 1. The van der Waals surface area contributed by atoms with Gasteiger partial charge in [0.15, 0.2) is 6.17 Å². The van der Waals surface area contributed by atoms with E-state index in [0.717, 1.165) is 16.3 Å². The van der Waals surface area contributed by atoms with Crippen LogP contribution in [0.15, 0.2) is 85.1 Å². The van der Waals surface area contributed by atoms with Crippen molar-refractivity contribution in [2.24, 2.45) is 0 Å². The van der Waals surface area contributed by atoms with Crippen LogP contribution in [0.3, 0.4) is 0 Å². The van der Waals surface area contributed by atoms with E-state index in [0.29, 0.717) is 16.3 Å². The lowest BCUT2D eigenvalue weighted by atomic mass is 10.0. The van der Waals surface area contributed by atoms with Gasteiger partial charge in [0, 0.05) is 22.5 Å². The van der Waals surface area contributed by atoms with Crippen LogP contribution in [0.1, 0.15) is 26.4 Å². The molecule has 6 heteroatoms. The van der Waals surface area contributed by atoms with Crippen LogP contribution >= 0.6 is 11.6 Å². The predicted octanol–water partition coefficient (Wildman–Crippen LogP) is 5.25. The number of rotatable bonds is 6. The summed E-state index contributed by atoms with van der Waals surface area (Å²) in [7, 11) is 0. The predicted molar refractivity (Wildman–Crippen MR) is 124 cm³/mol. The van der Waals surface area contributed by atoms with Gasteiger partial charge in [0.05, 0.1) is 0 Å². The van der Waals surface area contributed by atoms with E-state index in [1.165, 1.54) is 0 Å². The molecule has 4 rings (SSSR count). The average molecular weight is 430 g/mol. The highest BCUT2D eigenvalue weighted by Gasteiger charge is 2.23. The monoisotopic (exact) mass is 429 g/mol. The second-order valence-corrected chi connectivity index (χ2v) is 7.64. The molecule has 0 aliphatic rings. The molecule has 2 N–H and O–H groups in total. The van der Waals surface area contributed by atoms with Gasteiger partial charge in [0.25, 0.3) is 5.91 Å². The third-order valence-corrected chi connectivity index (χ3v) is 5.12. The van der Waals surface area contributed by atoms with Crippen LogP contribution in [0.2, 0.25) is 5.02 Å². The van der Waals surface area contributed by atoms with Crippen molar-refractivity contribution in [2.45, 2.75) is 13.1 Å². The van der Waals surface area contributed by atoms with Crippen molar-refractivity contribution in [3.63, 3.8) is 0 Å². The molecule has 154 valence electrons. The summed E-state index contributed by atoms with van der Waals surface area (Å²) < 4.78 is 0. The summed E-state index contributed by atoms with van der Waals surface area (Å²) in [6.07, 6.45) is 0.625. The Labute approximate surface area is 185 Å². The third-order valence-electron chi connectivity index (χ3n) is 4.87. The number of carbonyl (C=O) groups is 2. The molecule has 1 atom stereocenters. The Balaban J connectivity index is 1.64. The zero-order valence-corrected chi connectivity index (χ0v) is 17.6. The molecule has 4 aromatic rings. The molecule has 0 saturated heterocycles. The van der Waals surface area contributed by atoms with E-state index in [1.807, 2.05) is 43.3 Å². The summed E-state index contributed by atoms with van der Waals surface area (Å²) in [5, 5.41) is 8.43. The number of fused-ring (bicyclic) bond motifs is 1. The molecular weight excluding hydrogens is 410 g/mol. The maximum absolute atomic E-state index is 13.4. The first-order chi connectivity index (χ1) is 15.0. The first-order valence-corrected chi connectivity index (χ1v) is 10.2. The summed E-state index contributed by atoms with van der Waals surface area (Å²) in [5.41, 5.74) is 2.32. The SMILES string of the molecule is Cc1ccc(C(=O)NC(Nc2ccc(Cl)cc2)C(=O)c2ccc3ccccc3c2)nc1. The molecule has 5 nitrogen and oxygen atoms in total. The molecule has 0 radical (unpaired) electrons. The summed E-state index contributed by atoms with van der Waals surface area (Å²) in [4.78, 5) is 30.3. The Morgan fingerprint density at radius 1 is 0.903 bits per heavy atom. The summed E-state index contributed by atoms with van der Waals surface area (Å²) in [5.74, 6) is -0.707. The molecule has 0 spiro atoms. The minimum atomic E-state index is -0.988. The quantitative estimate of drug-likeness (QED) is 0.324. The highest BCUT2D eigenvalue weighted by molar-refractivity contribution is 6.30. The van der Waals surface area contributed by atoms with Crippen LogP contribution in [-0.4, -0.2) is 22.8 Å². The zero-order chi connectivity index (χ0) is 21.8. The summed E-state index contributed by atoms with van der Waals surface area (Å²) in [6.45, 7) is 1.89. The fourth-order valence-electron chi connectivity index (χ4n) is 3.20. The van der Waals surface area contributed by atoms with E-state index in [-0.39, 0.29) is 11.5 Å². The number of ketones is 1. The van der Waals surface area contributed by atoms with Crippen molar-refractivity contribution in [2.75, 3.05) is 5.32 Å². The van der Waals surface area contributed by atoms with Gasteiger partial charge >= 0.3 is 0 Å². The summed E-state index contributed by atoms with van der Waals surface area (Å²) in [6, 6.07) is 23.6. The Hall–Kier alpha value is -3.70. The molecule has 0 saturated carbocycles. The van der Waals surface area contributed by atoms with Crippen LogP contribution < -0.4 is 10.6 Å². The van der Waals surface area contributed by atoms with Crippen LogP contribution in [0.5, 0.6) is 0 Å². The molecule has 0 bridgehead atoms. The molecular formula is C25H20ClN3O2. The molecule has 3 aromatic carbocycles. The van der Waals surface area contributed by atoms with E-state index in [2.05, 4.69) is 15.6 Å². The highest BCUT2D eigenvalue weighted by Crippen LogP contribution is 2.19. The number of pyridine rings is 1. The lowest BCUT2D eigenvalue weighted by Crippen LogP contribution is -2.46. The number of benzene rings is 3. The maximum atomic E-state index is 13.4. The molecule has 1 heterocycles. The molecule has 1 unspecified atom stereocenters. The van der Waals surface area contributed by atoms with Crippen molar-refractivity contribution in [1.82, 2.24) is 10.3 Å². The molecule has 0 fully saturated rings. The van der Waals surface area contributed by atoms with Crippen molar-refractivity contribution >= 4 is 39.8 Å². The van der Waals surface area contributed by atoms with Crippen molar-refractivity contribution in [1.29, 1.82) is 0 Å². The second-order valence-electron chi connectivity index (χ2n) is 7.20. The zero-order valence-electron chi connectivity index (χ0n) is 16.8. The Bertz CT molecular complexity index is 1240. The van der Waals surface area contributed by atoms with Crippen molar-refractivity contribution < 1.29 is 9.59 Å². The maximum Gasteiger partial charge on any atom is 0.271 e. The van der Waals surface area contributed by atoms with E-state index in [4.69, 9.17) is 11.6 Å². The largest absolute Gasteiger partial charge is 0.359 e. The highest BCUT2D eigenvalue weighted by atomic mass is 35.5. The number of hydrogen-bond donors (Lipinski definition) is 2. The smallest absolute Gasteiger partial charge is 0.271 e. The fourth-order valence-corrected chi connectivity index (χ4v) is 3.32. The second kappa shape index (κ2) is 8.98. The number of anilines is 1. The Morgan fingerprint density at radius 3 is 2.35 bits per heavy atom. The first kappa shape index (κ1) is 20.6. The van der Waals surface area contributed by atoms with Crippen molar-refractivity contribution in [3.8, 4) is 0 Å². The van der Waals surface area contributed by atoms with Gasteiger partial charge in [-0.2, -0.15) is 0 Å². The van der Waals surface area contributed by atoms with Crippen LogP contribution in [0.25, 0.3) is 10.8 Å². The van der Waals surface area contributed by atoms with E-state index < -0.39 is 12.1 Å². The third kappa shape index (κ3) is 4.90. The number of nitrogens with zero attached hydrogens (tertiary/aromatic N) is 1. The van der Waals surface area contributed by atoms with Crippen LogP contribution in [-0.2, 0) is 0 Å². The van der Waals surface area contributed by atoms with Crippen molar-refractivity contribution in [3.05, 3.63) is 107 Å². The first-order valence-electron chi connectivity index (χ1n) is 9.78. The molecule has 1 amide bonds. The average Bonchev–Trinajstić information content (AvgIpc) is 2.79. The van der Waals surface area contributed by atoms with Gasteiger partial charge in [-0.25, -0.2) is 0 Å². The molecule has 1 aromatic heterocycles. The number of hydrogen-bond acceptors (Lipinski definition) is 4. The van der Waals surface area contributed by atoms with Gasteiger partial charge in [-0.15, -0.1) is 0 Å². The number of carbonyl (C=O) groups excluding carboxylic acids is 2. The van der Waals surface area contributed by atoms with Gasteiger partial charge in [0.1, 0.15) is 5.69 Å². The number of aromatic nitrogens is 1. The standard InChI is InChI=1S/C25H20ClN3O2/c1-16-6-13-22(27-15-16)25(31)29-24(28-21-11-9-20(26)10-12-21)23(30)19-8-7-17-4-2-3-5-18(17)14-19/h2-15,24,28H,1H3,(H,29,31).